The summed E-state index contributed by atoms with van der Waals surface area (Å²) < 4.78 is 32.4. The van der Waals surface area contributed by atoms with E-state index in [0.29, 0.717) is 0 Å². The van der Waals surface area contributed by atoms with Gasteiger partial charge < -0.3 is 16.2 Å². The molecule has 2 aromatic rings. The molecule has 0 amide bonds. The Morgan fingerprint density at radius 3 is 2.42 bits per heavy atom. The van der Waals surface area contributed by atoms with Crippen molar-refractivity contribution >= 4 is 38.9 Å². The molecule has 0 atom stereocenters. The maximum absolute atomic E-state index is 13.9. The summed E-state index contributed by atoms with van der Waals surface area (Å²) in [4.78, 5) is 0. The summed E-state index contributed by atoms with van der Waals surface area (Å²) >= 11 is 8.67. The number of anilines is 2. The molecule has 19 heavy (non-hydrogen) atoms. The van der Waals surface area contributed by atoms with Gasteiger partial charge in [-0.1, -0.05) is 11.6 Å². The zero-order chi connectivity index (χ0) is 14.2. The fraction of sp³-hybridized carbons (Fsp3) is 0. The molecular formula is C12H8BrClF2N2O. The van der Waals surface area contributed by atoms with E-state index in [1.54, 1.807) is 0 Å². The molecule has 0 heterocycles. The maximum Gasteiger partial charge on any atom is 0.188 e. The van der Waals surface area contributed by atoms with Gasteiger partial charge in [0.15, 0.2) is 11.6 Å². The molecule has 0 fully saturated rings. The Labute approximate surface area is 121 Å². The monoisotopic (exact) mass is 348 g/mol. The molecule has 4 N–H and O–H groups in total. The predicted octanol–water partition coefficient (Wildman–Crippen LogP) is 4.34. The van der Waals surface area contributed by atoms with Crippen LogP contribution in [0.2, 0.25) is 5.02 Å². The zero-order valence-electron chi connectivity index (χ0n) is 9.38. The van der Waals surface area contributed by atoms with E-state index in [1.807, 2.05) is 0 Å². The van der Waals surface area contributed by atoms with Crippen LogP contribution < -0.4 is 16.2 Å². The average molecular weight is 350 g/mol. The fourth-order valence-electron chi connectivity index (χ4n) is 1.41. The van der Waals surface area contributed by atoms with Crippen molar-refractivity contribution in [2.75, 3.05) is 11.5 Å². The third-order valence-electron chi connectivity index (χ3n) is 2.33. The first-order valence-corrected chi connectivity index (χ1v) is 6.23. The normalized spacial score (nSPS) is 10.5. The van der Waals surface area contributed by atoms with E-state index >= 15 is 0 Å². The second-order valence-electron chi connectivity index (χ2n) is 3.69. The van der Waals surface area contributed by atoms with Crippen LogP contribution in [0.3, 0.4) is 0 Å². The number of ether oxygens (including phenoxy) is 1. The lowest BCUT2D eigenvalue weighted by Gasteiger charge is -2.12. The fourth-order valence-corrected chi connectivity index (χ4v) is 1.91. The first-order valence-electron chi connectivity index (χ1n) is 5.06. The molecule has 7 heteroatoms. The van der Waals surface area contributed by atoms with Gasteiger partial charge in [-0.2, -0.15) is 0 Å². The molecule has 0 saturated heterocycles. The largest absolute Gasteiger partial charge is 0.452 e. The predicted molar refractivity (Wildman–Crippen MR) is 74.4 cm³/mol. The molecule has 0 aromatic heterocycles. The van der Waals surface area contributed by atoms with E-state index in [0.717, 1.165) is 0 Å². The van der Waals surface area contributed by atoms with Crippen LogP contribution in [-0.2, 0) is 0 Å². The van der Waals surface area contributed by atoms with Crippen molar-refractivity contribution in [3.05, 3.63) is 45.4 Å². The van der Waals surface area contributed by atoms with Crippen LogP contribution in [0.15, 0.2) is 28.7 Å². The minimum absolute atomic E-state index is 0.000141. The smallest absolute Gasteiger partial charge is 0.188 e. The maximum atomic E-state index is 13.9. The summed E-state index contributed by atoms with van der Waals surface area (Å²) in [5, 5.41) is -0.273. The third kappa shape index (κ3) is 2.74. The highest BCUT2D eigenvalue weighted by Crippen LogP contribution is 2.38. The minimum Gasteiger partial charge on any atom is -0.452 e. The molecule has 0 spiro atoms. The second kappa shape index (κ2) is 5.22. The molecule has 0 unspecified atom stereocenters. The van der Waals surface area contributed by atoms with Gasteiger partial charge in [-0.25, -0.2) is 8.78 Å². The van der Waals surface area contributed by atoms with Crippen LogP contribution in [0, 0.1) is 11.6 Å². The van der Waals surface area contributed by atoms with Gasteiger partial charge in [0.25, 0.3) is 0 Å². The Kier molecular flexibility index (Phi) is 3.82. The number of rotatable bonds is 2. The van der Waals surface area contributed by atoms with Crippen molar-refractivity contribution < 1.29 is 13.5 Å². The van der Waals surface area contributed by atoms with Gasteiger partial charge in [-0.15, -0.1) is 0 Å². The average Bonchev–Trinajstić information content (AvgIpc) is 2.36. The molecule has 0 bridgehead atoms. The van der Waals surface area contributed by atoms with Crippen molar-refractivity contribution in [1.29, 1.82) is 0 Å². The SMILES string of the molecule is Nc1cc(N)c(Oc2ccc(F)c(Br)c2)c(F)c1Cl. The van der Waals surface area contributed by atoms with E-state index in [4.69, 9.17) is 27.8 Å². The Bertz CT molecular complexity index is 652. The van der Waals surface area contributed by atoms with Gasteiger partial charge in [0.2, 0.25) is 0 Å². The Morgan fingerprint density at radius 2 is 1.79 bits per heavy atom. The van der Waals surface area contributed by atoms with E-state index in [1.165, 1.54) is 24.3 Å². The quantitative estimate of drug-likeness (QED) is 0.793. The lowest BCUT2D eigenvalue weighted by molar-refractivity contribution is 0.443. The standard InChI is InChI=1S/C12H8BrClF2N2O/c13-6-3-5(1-2-7(6)15)19-12-9(18)4-8(17)10(14)11(12)16/h1-4H,17-18H2. The highest BCUT2D eigenvalue weighted by Gasteiger charge is 2.16. The topological polar surface area (TPSA) is 61.3 Å². The van der Waals surface area contributed by atoms with Gasteiger partial charge in [0.1, 0.15) is 16.6 Å². The van der Waals surface area contributed by atoms with Crippen LogP contribution in [0.25, 0.3) is 0 Å². The second-order valence-corrected chi connectivity index (χ2v) is 4.92. The lowest BCUT2D eigenvalue weighted by Crippen LogP contribution is -1.99. The molecule has 0 saturated carbocycles. The summed E-state index contributed by atoms with van der Waals surface area (Å²) in [6.45, 7) is 0. The van der Waals surface area contributed by atoms with Gasteiger partial charge in [-0.3, -0.25) is 0 Å². The molecule has 0 aliphatic carbocycles. The molecule has 0 aliphatic rings. The molecule has 2 rings (SSSR count). The van der Waals surface area contributed by atoms with Crippen molar-refractivity contribution in [2.45, 2.75) is 0 Å². The number of nitrogens with two attached hydrogens (primary N) is 2. The summed E-state index contributed by atoms with van der Waals surface area (Å²) in [6, 6.07) is 5.15. The van der Waals surface area contributed by atoms with Crippen LogP contribution in [0.4, 0.5) is 20.2 Å². The molecule has 100 valence electrons. The van der Waals surface area contributed by atoms with Gasteiger partial charge in [-0.05, 0) is 40.2 Å². The zero-order valence-corrected chi connectivity index (χ0v) is 11.7. The first kappa shape index (κ1) is 13.9. The van der Waals surface area contributed by atoms with Crippen molar-refractivity contribution in [2.24, 2.45) is 0 Å². The molecular weight excluding hydrogens is 341 g/mol. The van der Waals surface area contributed by atoms with Crippen LogP contribution >= 0.6 is 27.5 Å². The van der Waals surface area contributed by atoms with Crippen molar-refractivity contribution in [3.63, 3.8) is 0 Å². The molecule has 3 nitrogen and oxygen atoms in total. The highest BCUT2D eigenvalue weighted by atomic mass is 79.9. The van der Waals surface area contributed by atoms with Crippen molar-refractivity contribution in [1.82, 2.24) is 0 Å². The van der Waals surface area contributed by atoms with E-state index in [9.17, 15) is 8.78 Å². The Morgan fingerprint density at radius 1 is 1.11 bits per heavy atom. The summed E-state index contributed by atoms with van der Waals surface area (Å²) in [5.74, 6) is -1.37. The van der Waals surface area contributed by atoms with Crippen LogP contribution in [-0.4, -0.2) is 0 Å². The molecule has 2 aromatic carbocycles. The summed E-state index contributed by atoms with van der Waals surface area (Å²) in [5.41, 5.74) is 11.1. The van der Waals surface area contributed by atoms with E-state index in [2.05, 4.69) is 15.9 Å². The number of hydrogen-bond donors (Lipinski definition) is 2. The van der Waals surface area contributed by atoms with E-state index in [-0.39, 0.29) is 32.4 Å². The first-order chi connectivity index (χ1) is 8.90. The van der Waals surface area contributed by atoms with E-state index < -0.39 is 11.6 Å². The Hall–Kier alpha value is -1.53. The Balaban J connectivity index is 2.43. The van der Waals surface area contributed by atoms with Gasteiger partial charge >= 0.3 is 0 Å². The number of halogens is 4. The van der Waals surface area contributed by atoms with Gasteiger partial charge in [0.05, 0.1) is 15.8 Å². The van der Waals surface area contributed by atoms with Crippen LogP contribution in [0.5, 0.6) is 11.5 Å². The number of hydrogen-bond acceptors (Lipinski definition) is 3. The molecule has 0 aliphatic heterocycles. The van der Waals surface area contributed by atoms with Crippen LogP contribution in [0.1, 0.15) is 0 Å². The third-order valence-corrected chi connectivity index (χ3v) is 3.32. The van der Waals surface area contributed by atoms with Gasteiger partial charge in [0, 0.05) is 0 Å². The summed E-state index contributed by atoms with van der Waals surface area (Å²) in [7, 11) is 0. The molecule has 0 radical (unpaired) electrons. The summed E-state index contributed by atoms with van der Waals surface area (Å²) in [6.07, 6.45) is 0. The lowest BCUT2D eigenvalue weighted by atomic mass is 10.2. The highest BCUT2D eigenvalue weighted by molar-refractivity contribution is 9.10. The number of nitrogen functional groups attached to an aromatic ring is 2. The van der Waals surface area contributed by atoms with Crippen molar-refractivity contribution in [3.8, 4) is 11.5 Å². The minimum atomic E-state index is -0.861. The number of benzene rings is 2.